The lowest BCUT2D eigenvalue weighted by Gasteiger charge is -2.39. The van der Waals surface area contributed by atoms with Crippen LogP contribution >= 0.6 is 0 Å². The molecule has 0 bridgehead atoms. The van der Waals surface area contributed by atoms with Gasteiger partial charge in [0.15, 0.2) is 0 Å². The van der Waals surface area contributed by atoms with Crippen molar-refractivity contribution >= 4 is 18.1 Å². The van der Waals surface area contributed by atoms with Gasteiger partial charge in [-0.1, -0.05) is 36.4 Å². The number of fused-ring (bicyclic) bond motifs is 2. The summed E-state index contributed by atoms with van der Waals surface area (Å²) in [4.78, 5) is 34.9. The van der Waals surface area contributed by atoms with Gasteiger partial charge in [-0.15, -0.1) is 0 Å². The first-order chi connectivity index (χ1) is 24.1. The van der Waals surface area contributed by atoms with E-state index in [1.54, 1.807) is 13.4 Å². The zero-order valence-corrected chi connectivity index (χ0v) is 28.9. The number of carbonyl (C=O) groups excluding carboxylic acids is 1. The fraction of sp³-hybridized carbons (Fsp3) is 0.395. The third-order valence-electron chi connectivity index (χ3n) is 9.82. The maximum atomic E-state index is 12.8. The lowest BCUT2D eigenvalue weighted by Crippen LogP contribution is -2.55. The zero-order valence-electron chi connectivity index (χ0n) is 28.9. The Morgan fingerprint density at radius 1 is 0.860 bits per heavy atom. The van der Waals surface area contributed by atoms with E-state index in [0.29, 0.717) is 32.1 Å². The van der Waals surface area contributed by atoms with E-state index in [0.717, 1.165) is 47.9 Å². The molecule has 2 aliphatic heterocycles. The van der Waals surface area contributed by atoms with Crippen molar-refractivity contribution in [1.82, 2.24) is 30.2 Å². The summed E-state index contributed by atoms with van der Waals surface area (Å²) in [6.45, 7) is 6.47. The molecule has 4 aliphatic rings. The zero-order chi connectivity index (χ0) is 34.9. The molecule has 2 atom stereocenters. The number of nitrogens with one attached hydrogen (secondary N) is 2. The van der Waals surface area contributed by atoms with Crippen LogP contribution in [0.15, 0.2) is 78.8 Å². The van der Waals surface area contributed by atoms with E-state index >= 15 is 0 Å². The highest BCUT2D eigenvalue weighted by molar-refractivity contribution is 5.92. The van der Waals surface area contributed by atoms with Crippen LogP contribution in [0.4, 0.5) is 4.79 Å². The number of nitrogens with zero attached hydrogens (tertiary/aromatic N) is 6. The van der Waals surface area contributed by atoms with Crippen LogP contribution in [0, 0.1) is 5.41 Å². The predicted octanol–water partition coefficient (Wildman–Crippen LogP) is 5.55. The van der Waals surface area contributed by atoms with Gasteiger partial charge in [-0.2, -0.15) is 0 Å². The Morgan fingerprint density at radius 3 is 2.00 bits per heavy atom. The summed E-state index contributed by atoms with van der Waals surface area (Å²) >= 11 is 0. The fourth-order valence-electron chi connectivity index (χ4n) is 7.53. The number of ether oxygens (including phenoxy) is 3. The third kappa shape index (κ3) is 6.49. The molecule has 4 heterocycles. The molecule has 0 radical (unpaired) electrons. The number of rotatable bonds is 2. The van der Waals surface area contributed by atoms with E-state index in [9.17, 15) is 4.79 Å². The lowest BCUT2D eigenvalue weighted by molar-refractivity contribution is 0.0205. The summed E-state index contributed by atoms with van der Waals surface area (Å²) in [6, 6.07) is 13.2. The molecule has 8 rings (SSSR count). The molecular weight excluding hydrogens is 632 g/mol. The fourth-order valence-corrected chi connectivity index (χ4v) is 7.53. The van der Waals surface area contributed by atoms with Gasteiger partial charge in [0.25, 0.3) is 12.0 Å². The van der Waals surface area contributed by atoms with Crippen LogP contribution in [0.2, 0.25) is 0 Å². The molecule has 2 aromatic carbocycles. The second kappa shape index (κ2) is 13.1. The van der Waals surface area contributed by atoms with Crippen molar-refractivity contribution in [3.63, 3.8) is 0 Å². The summed E-state index contributed by atoms with van der Waals surface area (Å²) in [7, 11) is 1.76. The Labute approximate surface area is 291 Å². The van der Waals surface area contributed by atoms with Crippen molar-refractivity contribution in [2.75, 3.05) is 20.3 Å². The molecule has 4 aromatic rings. The minimum Gasteiger partial charge on any atom is -0.463 e. The number of amides is 1. The van der Waals surface area contributed by atoms with Gasteiger partial charge in [-0.05, 0) is 86.3 Å². The van der Waals surface area contributed by atoms with E-state index < -0.39 is 17.2 Å². The lowest BCUT2D eigenvalue weighted by atomic mass is 9.76. The first-order valence-electron chi connectivity index (χ1n) is 16.9. The average Bonchev–Trinajstić information content (AvgIpc) is 3.67. The highest BCUT2D eigenvalue weighted by atomic mass is 16.6. The maximum absolute atomic E-state index is 12.8. The molecule has 2 aliphatic carbocycles. The van der Waals surface area contributed by atoms with Crippen LogP contribution in [0.5, 0.6) is 0 Å². The number of hydrogen-bond acceptors (Lipinski definition) is 10. The Morgan fingerprint density at radius 2 is 1.44 bits per heavy atom. The second-order valence-electron chi connectivity index (χ2n) is 14.4. The van der Waals surface area contributed by atoms with Crippen molar-refractivity contribution in [2.24, 2.45) is 4.99 Å². The molecule has 12 heteroatoms. The van der Waals surface area contributed by atoms with E-state index in [1.807, 2.05) is 51.6 Å². The Kier molecular flexibility index (Phi) is 8.71. The van der Waals surface area contributed by atoms with Crippen LogP contribution in [-0.2, 0) is 39.9 Å². The quantitative estimate of drug-likeness (QED) is 0.279. The SMILES string of the molecule is CC(C)(C)OC(=O)N1C(=N)OCC12CCc1c(cccc1-c1cncnc1)C2.CN=C1NC2(CCc3c(cccc3-c3cncnc3)C2)CO1. The van der Waals surface area contributed by atoms with Gasteiger partial charge in [0.05, 0.1) is 11.1 Å². The highest BCUT2D eigenvalue weighted by Crippen LogP contribution is 2.41. The van der Waals surface area contributed by atoms with Crippen molar-refractivity contribution in [2.45, 2.75) is 76.0 Å². The van der Waals surface area contributed by atoms with Gasteiger partial charge in [0.2, 0.25) is 0 Å². The van der Waals surface area contributed by atoms with Gasteiger partial charge in [0, 0.05) is 49.4 Å². The summed E-state index contributed by atoms with van der Waals surface area (Å²) in [5, 5.41) is 11.6. The van der Waals surface area contributed by atoms with Crippen molar-refractivity contribution in [1.29, 1.82) is 5.41 Å². The molecule has 2 saturated heterocycles. The topological polar surface area (TPSA) is 148 Å². The first-order valence-corrected chi connectivity index (χ1v) is 16.9. The average molecular weight is 675 g/mol. The molecule has 2 unspecified atom stereocenters. The van der Waals surface area contributed by atoms with Crippen molar-refractivity contribution in [3.8, 4) is 22.3 Å². The van der Waals surface area contributed by atoms with Crippen molar-refractivity contribution in [3.05, 3.63) is 96.1 Å². The molecule has 2 aromatic heterocycles. The molecule has 258 valence electrons. The molecular formula is C38H42N8O4. The smallest absolute Gasteiger partial charge is 0.419 e. The largest absolute Gasteiger partial charge is 0.463 e. The van der Waals surface area contributed by atoms with Gasteiger partial charge in [-0.25, -0.2) is 34.6 Å². The standard InChI is InChI=1S/C21H24N4O3.C17H18N4O/c1-20(2,3)28-19(26)25-18(22)27-12-21(25)8-7-17-14(9-21)5-4-6-16(17)15-10-23-13-24-11-15;1-18-16-21-17(10-22-16)6-5-15-12(7-17)3-2-4-14(15)13-8-19-11-20-9-13/h4-6,10-11,13,22H,7-9,12H2,1-3H3;2-4,8-9,11H,5-7,10H2,1H3,(H,18,21). The van der Waals surface area contributed by atoms with Gasteiger partial charge in [-0.3, -0.25) is 5.41 Å². The molecule has 2 spiro atoms. The number of aliphatic imine (C=N–C) groups is 1. The molecule has 2 N–H and O–H groups in total. The summed E-state index contributed by atoms with van der Waals surface area (Å²) < 4.78 is 16.7. The number of hydrogen-bond donors (Lipinski definition) is 2. The molecule has 1 amide bonds. The van der Waals surface area contributed by atoms with Gasteiger partial charge >= 0.3 is 6.09 Å². The molecule has 0 saturated carbocycles. The maximum Gasteiger partial charge on any atom is 0.419 e. The summed E-state index contributed by atoms with van der Waals surface area (Å²) in [6.07, 6.45) is 15.1. The number of carbonyl (C=O) groups is 1. The number of benzene rings is 2. The Hall–Kier alpha value is -5.39. The summed E-state index contributed by atoms with van der Waals surface area (Å²) in [5.41, 5.74) is 8.39. The minimum absolute atomic E-state index is 0.00630. The van der Waals surface area contributed by atoms with Crippen LogP contribution in [0.3, 0.4) is 0 Å². The number of aromatic nitrogens is 4. The van der Waals surface area contributed by atoms with Gasteiger partial charge in [0.1, 0.15) is 31.5 Å². The highest BCUT2D eigenvalue weighted by Gasteiger charge is 2.52. The van der Waals surface area contributed by atoms with Crippen LogP contribution in [0.25, 0.3) is 22.3 Å². The predicted molar refractivity (Wildman–Crippen MR) is 189 cm³/mol. The normalized spacial score (nSPS) is 22.9. The van der Waals surface area contributed by atoms with E-state index in [4.69, 9.17) is 19.6 Å². The van der Waals surface area contributed by atoms with Crippen LogP contribution in [0.1, 0.15) is 55.9 Å². The Balaban J connectivity index is 0.000000161. The van der Waals surface area contributed by atoms with E-state index in [-0.39, 0.29) is 11.6 Å². The monoisotopic (exact) mass is 674 g/mol. The second-order valence-corrected chi connectivity index (χ2v) is 14.4. The summed E-state index contributed by atoms with van der Waals surface area (Å²) in [5.74, 6) is 0. The van der Waals surface area contributed by atoms with E-state index in [2.05, 4.69) is 60.6 Å². The number of amidine groups is 2. The minimum atomic E-state index is -0.631. The van der Waals surface area contributed by atoms with Crippen LogP contribution < -0.4 is 5.32 Å². The van der Waals surface area contributed by atoms with Crippen molar-refractivity contribution < 1.29 is 19.0 Å². The third-order valence-corrected chi connectivity index (χ3v) is 9.82. The molecule has 12 nitrogen and oxygen atoms in total. The Bertz CT molecular complexity index is 1930. The van der Waals surface area contributed by atoms with Crippen LogP contribution in [-0.4, -0.2) is 79.9 Å². The van der Waals surface area contributed by atoms with Gasteiger partial charge < -0.3 is 19.5 Å². The molecule has 50 heavy (non-hydrogen) atoms. The molecule has 2 fully saturated rings. The van der Waals surface area contributed by atoms with E-state index in [1.165, 1.54) is 33.5 Å². The first kappa shape index (κ1) is 33.1.